The molecule has 1 fully saturated rings. The Bertz CT molecular complexity index is 989. The van der Waals surface area contributed by atoms with Gasteiger partial charge in [-0.2, -0.15) is 0 Å². The standard InChI is InChI=1S/C23H31N3O3S/c1-17-7-6-14-26(16-17)21-12-10-19(11-13-21)18(2)24-23(27)20-8-5-9-22(15-20)25(3)30(4,28)29/h5,8-13,15,17-18H,6-7,14,16H2,1-4H3,(H,24,27)/t17-,18-/m1/s1. The summed E-state index contributed by atoms with van der Waals surface area (Å²) >= 11 is 0. The summed E-state index contributed by atoms with van der Waals surface area (Å²) in [4.78, 5) is 15.1. The second-order valence-electron chi connectivity index (χ2n) is 8.26. The molecule has 6 nitrogen and oxygen atoms in total. The van der Waals surface area contributed by atoms with Crippen molar-refractivity contribution in [2.45, 2.75) is 32.7 Å². The van der Waals surface area contributed by atoms with Crippen LogP contribution in [0.3, 0.4) is 0 Å². The Morgan fingerprint density at radius 1 is 1.20 bits per heavy atom. The molecule has 0 radical (unpaired) electrons. The number of rotatable bonds is 6. The average molecular weight is 430 g/mol. The van der Waals surface area contributed by atoms with Crippen molar-refractivity contribution in [1.82, 2.24) is 5.32 Å². The van der Waals surface area contributed by atoms with Gasteiger partial charge in [0.1, 0.15) is 0 Å². The summed E-state index contributed by atoms with van der Waals surface area (Å²) in [6.07, 6.45) is 3.65. The van der Waals surface area contributed by atoms with Gasteiger partial charge in [-0.05, 0) is 61.6 Å². The molecule has 0 saturated carbocycles. The fourth-order valence-electron chi connectivity index (χ4n) is 3.80. The van der Waals surface area contributed by atoms with Crippen LogP contribution in [0.1, 0.15) is 48.7 Å². The minimum atomic E-state index is -3.38. The highest BCUT2D eigenvalue weighted by Gasteiger charge is 2.18. The summed E-state index contributed by atoms with van der Waals surface area (Å²) in [5, 5.41) is 3.00. The summed E-state index contributed by atoms with van der Waals surface area (Å²) in [6, 6.07) is 14.8. The molecule has 2 aromatic rings. The van der Waals surface area contributed by atoms with Gasteiger partial charge in [-0.1, -0.05) is 25.1 Å². The van der Waals surface area contributed by atoms with Crippen molar-refractivity contribution < 1.29 is 13.2 Å². The molecule has 7 heteroatoms. The van der Waals surface area contributed by atoms with Gasteiger partial charge in [0.15, 0.2) is 0 Å². The number of hydrogen-bond acceptors (Lipinski definition) is 4. The van der Waals surface area contributed by atoms with Gasteiger partial charge in [0.05, 0.1) is 18.0 Å². The molecular formula is C23H31N3O3S. The zero-order chi connectivity index (χ0) is 21.9. The molecule has 1 aliphatic heterocycles. The third kappa shape index (κ3) is 5.33. The molecule has 162 valence electrons. The van der Waals surface area contributed by atoms with Gasteiger partial charge < -0.3 is 10.2 Å². The van der Waals surface area contributed by atoms with E-state index in [0.717, 1.165) is 29.2 Å². The van der Waals surface area contributed by atoms with E-state index in [1.54, 1.807) is 24.3 Å². The molecule has 0 aromatic heterocycles. The molecular weight excluding hydrogens is 398 g/mol. The highest BCUT2D eigenvalue weighted by molar-refractivity contribution is 7.92. The molecule has 2 atom stereocenters. The number of carbonyl (C=O) groups excluding carboxylic acids is 1. The van der Waals surface area contributed by atoms with Gasteiger partial charge in [-0.15, -0.1) is 0 Å². The predicted octanol–water partition coefficient (Wildman–Crippen LogP) is 3.81. The SMILES string of the molecule is C[C@@H]1CCCN(c2ccc([C@@H](C)NC(=O)c3cccc(N(C)S(C)(=O)=O)c3)cc2)C1. The van der Waals surface area contributed by atoms with E-state index in [9.17, 15) is 13.2 Å². The number of nitrogens with zero attached hydrogens (tertiary/aromatic N) is 2. The summed E-state index contributed by atoms with van der Waals surface area (Å²) in [6.45, 7) is 6.42. The van der Waals surface area contributed by atoms with Crippen molar-refractivity contribution in [3.8, 4) is 0 Å². The molecule has 1 amide bonds. The molecule has 0 spiro atoms. The van der Waals surface area contributed by atoms with Crippen LogP contribution >= 0.6 is 0 Å². The Labute approximate surface area is 179 Å². The number of anilines is 2. The van der Waals surface area contributed by atoms with Gasteiger partial charge >= 0.3 is 0 Å². The predicted molar refractivity (Wildman–Crippen MR) is 123 cm³/mol. The van der Waals surface area contributed by atoms with Crippen LogP contribution in [0.5, 0.6) is 0 Å². The number of sulfonamides is 1. The lowest BCUT2D eigenvalue weighted by Crippen LogP contribution is -2.34. The second kappa shape index (κ2) is 9.08. The fourth-order valence-corrected chi connectivity index (χ4v) is 4.29. The molecule has 3 rings (SSSR count). The van der Waals surface area contributed by atoms with Gasteiger partial charge in [-0.25, -0.2) is 8.42 Å². The van der Waals surface area contributed by atoms with Crippen LogP contribution in [0.25, 0.3) is 0 Å². The van der Waals surface area contributed by atoms with Gasteiger partial charge in [0.25, 0.3) is 5.91 Å². The van der Waals surface area contributed by atoms with E-state index < -0.39 is 10.0 Å². The summed E-state index contributed by atoms with van der Waals surface area (Å²) < 4.78 is 24.7. The fraction of sp³-hybridized carbons (Fsp3) is 0.435. The average Bonchev–Trinajstić information content (AvgIpc) is 2.72. The Morgan fingerprint density at radius 3 is 2.53 bits per heavy atom. The third-order valence-corrected chi connectivity index (χ3v) is 6.94. The van der Waals surface area contributed by atoms with Gasteiger partial charge in [0.2, 0.25) is 10.0 Å². The van der Waals surface area contributed by atoms with Crippen molar-refractivity contribution >= 4 is 27.3 Å². The van der Waals surface area contributed by atoms with Crippen LogP contribution in [-0.2, 0) is 10.0 Å². The van der Waals surface area contributed by atoms with E-state index >= 15 is 0 Å². The maximum absolute atomic E-state index is 12.7. The van der Waals surface area contributed by atoms with Gasteiger partial charge in [0, 0.05) is 31.4 Å². The second-order valence-corrected chi connectivity index (χ2v) is 10.3. The zero-order valence-electron chi connectivity index (χ0n) is 18.1. The highest BCUT2D eigenvalue weighted by atomic mass is 32.2. The van der Waals surface area contributed by atoms with Crippen molar-refractivity contribution in [2.24, 2.45) is 5.92 Å². The zero-order valence-corrected chi connectivity index (χ0v) is 18.9. The van der Waals surface area contributed by atoms with Crippen molar-refractivity contribution in [3.63, 3.8) is 0 Å². The van der Waals surface area contributed by atoms with E-state index in [4.69, 9.17) is 0 Å². The number of amides is 1. The van der Waals surface area contributed by atoms with Crippen LogP contribution in [0.4, 0.5) is 11.4 Å². The smallest absolute Gasteiger partial charge is 0.251 e. The van der Waals surface area contributed by atoms with Crippen molar-refractivity contribution in [1.29, 1.82) is 0 Å². The molecule has 30 heavy (non-hydrogen) atoms. The van der Waals surface area contributed by atoms with Crippen LogP contribution in [0, 0.1) is 5.92 Å². The first kappa shape index (κ1) is 22.2. The molecule has 1 aliphatic rings. The van der Waals surface area contributed by atoms with E-state index in [2.05, 4.69) is 41.4 Å². The number of hydrogen-bond donors (Lipinski definition) is 1. The van der Waals surface area contributed by atoms with E-state index in [1.165, 1.54) is 25.6 Å². The number of nitrogens with one attached hydrogen (secondary N) is 1. The molecule has 1 saturated heterocycles. The Kier molecular flexibility index (Phi) is 6.71. The van der Waals surface area contributed by atoms with Crippen LogP contribution in [0.2, 0.25) is 0 Å². The third-order valence-electron chi connectivity index (χ3n) is 5.73. The molecule has 1 N–H and O–H groups in total. The minimum absolute atomic E-state index is 0.164. The first-order valence-electron chi connectivity index (χ1n) is 10.3. The first-order chi connectivity index (χ1) is 14.1. The maximum Gasteiger partial charge on any atom is 0.251 e. The van der Waals surface area contributed by atoms with Crippen molar-refractivity contribution in [3.05, 3.63) is 59.7 Å². The Morgan fingerprint density at radius 2 is 1.90 bits per heavy atom. The largest absolute Gasteiger partial charge is 0.371 e. The monoisotopic (exact) mass is 429 g/mol. The Hall–Kier alpha value is -2.54. The highest BCUT2D eigenvalue weighted by Crippen LogP contribution is 2.25. The summed E-state index contributed by atoms with van der Waals surface area (Å²) in [7, 11) is -1.91. The molecule has 0 bridgehead atoms. The van der Waals surface area contributed by atoms with E-state index in [0.29, 0.717) is 17.2 Å². The lowest BCUT2D eigenvalue weighted by molar-refractivity contribution is 0.0940. The Balaban J connectivity index is 1.67. The van der Waals surface area contributed by atoms with Crippen LogP contribution in [0.15, 0.2) is 48.5 Å². The topological polar surface area (TPSA) is 69.7 Å². The van der Waals surface area contributed by atoms with Crippen LogP contribution < -0.4 is 14.5 Å². The van der Waals surface area contributed by atoms with Gasteiger partial charge in [-0.3, -0.25) is 9.10 Å². The molecule has 0 unspecified atom stereocenters. The van der Waals surface area contributed by atoms with E-state index in [-0.39, 0.29) is 11.9 Å². The molecule has 0 aliphatic carbocycles. The quantitative estimate of drug-likeness (QED) is 0.758. The normalized spacial score (nSPS) is 18.0. The summed E-state index contributed by atoms with van der Waals surface area (Å²) in [5.41, 5.74) is 3.13. The van der Waals surface area contributed by atoms with Crippen LogP contribution in [-0.4, -0.2) is 40.7 Å². The van der Waals surface area contributed by atoms with Crippen molar-refractivity contribution in [2.75, 3.05) is 35.6 Å². The molecule has 2 aromatic carbocycles. The first-order valence-corrected chi connectivity index (χ1v) is 12.2. The van der Waals surface area contributed by atoms with E-state index in [1.807, 2.05) is 6.92 Å². The minimum Gasteiger partial charge on any atom is -0.371 e. The maximum atomic E-state index is 12.7. The lowest BCUT2D eigenvalue weighted by atomic mass is 9.99. The molecule has 1 heterocycles. The number of benzene rings is 2. The lowest BCUT2D eigenvalue weighted by Gasteiger charge is -2.33. The summed E-state index contributed by atoms with van der Waals surface area (Å²) in [5.74, 6) is 0.481. The number of piperidine rings is 1. The number of carbonyl (C=O) groups is 1.